The highest BCUT2D eigenvalue weighted by Gasteiger charge is 2.27. The van der Waals surface area contributed by atoms with Gasteiger partial charge in [0.05, 0.1) is 18.1 Å². The Hall–Kier alpha value is -3.48. The lowest BCUT2D eigenvalue weighted by Crippen LogP contribution is -2.53. The molecule has 3 heterocycles. The Labute approximate surface area is 183 Å². The summed E-state index contributed by atoms with van der Waals surface area (Å²) >= 11 is 0. The van der Waals surface area contributed by atoms with Crippen LogP contribution >= 0.6 is 0 Å². The van der Waals surface area contributed by atoms with Crippen molar-refractivity contribution in [2.75, 3.05) is 29.4 Å². The molecule has 4 rings (SSSR count). The van der Waals surface area contributed by atoms with E-state index in [2.05, 4.69) is 81.6 Å². The third kappa shape index (κ3) is 4.35. The number of hydrogen-bond donors (Lipinski definition) is 1. The molecule has 0 bridgehead atoms. The van der Waals surface area contributed by atoms with E-state index in [-0.39, 0.29) is 11.8 Å². The Balaban J connectivity index is 1.48. The fourth-order valence-corrected chi connectivity index (χ4v) is 4.01. The lowest BCUT2D eigenvalue weighted by atomic mass is 10.0. The predicted molar refractivity (Wildman–Crippen MR) is 123 cm³/mol. The first kappa shape index (κ1) is 20.8. The molecule has 0 radical (unpaired) electrons. The zero-order valence-corrected chi connectivity index (χ0v) is 18.3. The molecule has 31 heavy (non-hydrogen) atoms. The van der Waals surface area contributed by atoms with Crippen LogP contribution in [0.1, 0.15) is 35.0 Å². The van der Waals surface area contributed by atoms with E-state index >= 15 is 0 Å². The van der Waals surface area contributed by atoms with E-state index in [0.29, 0.717) is 5.69 Å². The Kier molecular flexibility index (Phi) is 5.84. The second-order valence-corrected chi connectivity index (χ2v) is 8.08. The van der Waals surface area contributed by atoms with Gasteiger partial charge < -0.3 is 14.9 Å². The molecule has 7 heteroatoms. The number of piperazine rings is 1. The summed E-state index contributed by atoms with van der Waals surface area (Å²) in [7, 11) is 0. The maximum absolute atomic E-state index is 9.46. The molecule has 1 saturated heterocycles. The predicted octanol–water partition coefficient (Wildman–Crippen LogP) is 3.72. The molecular weight excluding hydrogens is 388 g/mol. The lowest BCUT2D eigenvalue weighted by Gasteiger charge is -2.41. The highest BCUT2D eigenvalue weighted by Crippen LogP contribution is 2.26. The van der Waals surface area contributed by atoms with Crippen molar-refractivity contribution >= 4 is 17.4 Å². The number of nitrogens with zero attached hydrogens (tertiary/aromatic N) is 6. The average Bonchev–Trinajstić information content (AvgIpc) is 2.78. The molecule has 2 aromatic heterocycles. The summed E-state index contributed by atoms with van der Waals surface area (Å²) in [6.45, 7) is 12.4. The summed E-state index contributed by atoms with van der Waals surface area (Å²) in [5.74, 6) is 1.69. The van der Waals surface area contributed by atoms with Crippen molar-refractivity contribution in [3.63, 3.8) is 0 Å². The quantitative estimate of drug-likeness (QED) is 0.635. The number of aliphatic hydroxyl groups excluding tert-OH is 1. The number of aliphatic hydroxyl groups is 1. The van der Waals surface area contributed by atoms with E-state index < -0.39 is 0 Å². The minimum Gasteiger partial charge on any atom is -0.506 e. The molecule has 7 nitrogen and oxygen atoms in total. The Morgan fingerprint density at radius 2 is 1.84 bits per heavy atom. The SMILES string of the molecule is C=C(O)c1cnc(N2CCN(c3nnc(Cc4ccccc4)c(C)c3C)C[C@@H]2C)cn1. The highest BCUT2D eigenvalue weighted by molar-refractivity contribution is 5.54. The molecule has 0 saturated carbocycles. The van der Waals surface area contributed by atoms with Crippen LogP contribution in [0.25, 0.3) is 5.76 Å². The van der Waals surface area contributed by atoms with Gasteiger partial charge in [0.25, 0.3) is 0 Å². The molecule has 1 atom stereocenters. The summed E-state index contributed by atoms with van der Waals surface area (Å²) < 4.78 is 0. The number of benzene rings is 1. The smallest absolute Gasteiger partial charge is 0.154 e. The first-order valence-corrected chi connectivity index (χ1v) is 10.5. The number of aromatic nitrogens is 4. The molecule has 1 aliphatic rings. The average molecular weight is 417 g/mol. The van der Waals surface area contributed by atoms with Crippen LogP contribution in [0.15, 0.2) is 49.3 Å². The molecule has 0 aliphatic carbocycles. The second-order valence-electron chi connectivity index (χ2n) is 8.08. The third-order valence-electron chi connectivity index (χ3n) is 5.97. The molecular formula is C24H28N6O. The number of rotatable bonds is 5. The van der Waals surface area contributed by atoms with Crippen molar-refractivity contribution in [2.24, 2.45) is 0 Å². The molecule has 3 aromatic rings. The van der Waals surface area contributed by atoms with Crippen molar-refractivity contribution in [1.82, 2.24) is 20.2 Å². The summed E-state index contributed by atoms with van der Waals surface area (Å²) in [6.07, 6.45) is 4.04. The van der Waals surface area contributed by atoms with Gasteiger partial charge >= 0.3 is 0 Å². The van der Waals surface area contributed by atoms with E-state index in [4.69, 9.17) is 0 Å². The van der Waals surface area contributed by atoms with Gasteiger partial charge in [-0.15, -0.1) is 5.10 Å². The first-order chi connectivity index (χ1) is 14.9. The van der Waals surface area contributed by atoms with Gasteiger partial charge in [-0.25, -0.2) is 9.97 Å². The van der Waals surface area contributed by atoms with Crippen LogP contribution < -0.4 is 9.80 Å². The van der Waals surface area contributed by atoms with Crippen LogP contribution in [0.2, 0.25) is 0 Å². The maximum atomic E-state index is 9.46. The minimum atomic E-state index is -0.0722. The Morgan fingerprint density at radius 1 is 1.06 bits per heavy atom. The van der Waals surface area contributed by atoms with E-state index in [9.17, 15) is 5.11 Å². The van der Waals surface area contributed by atoms with Crippen molar-refractivity contribution in [3.05, 3.63) is 77.4 Å². The second kappa shape index (κ2) is 8.71. The van der Waals surface area contributed by atoms with Gasteiger partial charge in [-0.05, 0) is 37.5 Å². The Morgan fingerprint density at radius 3 is 2.48 bits per heavy atom. The molecule has 1 N–H and O–H groups in total. The summed E-state index contributed by atoms with van der Waals surface area (Å²) in [6, 6.07) is 10.6. The molecule has 1 aliphatic heterocycles. The van der Waals surface area contributed by atoms with E-state index in [1.165, 1.54) is 16.7 Å². The Bertz CT molecular complexity index is 1070. The van der Waals surface area contributed by atoms with E-state index in [0.717, 1.165) is 43.4 Å². The van der Waals surface area contributed by atoms with Crippen LogP contribution in [0.5, 0.6) is 0 Å². The summed E-state index contributed by atoms with van der Waals surface area (Å²) in [5.41, 5.74) is 5.06. The van der Waals surface area contributed by atoms with Gasteiger partial charge in [-0.1, -0.05) is 36.9 Å². The zero-order chi connectivity index (χ0) is 22.0. The molecule has 1 aromatic carbocycles. The minimum absolute atomic E-state index is 0.0722. The van der Waals surface area contributed by atoms with Crippen molar-refractivity contribution < 1.29 is 5.11 Å². The molecule has 160 valence electrons. The van der Waals surface area contributed by atoms with E-state index in [1.807, 2.05) is 6.07 Å². The van der Waals surface area contributed by atoms with Gasteiger partial charge in [-0.2, -0.15) is 5.10 Å². The molecule has 0 spiro atoms. The first-order valence-electron chi connectivity index (χ1n) is 10.5. The fraction of sp³-hybridized carbons (Fsp3) is 0.333. The van der Waals surface area contributed by atoms with Crippen LogP contribution in [-0.2, 0) is 6.42 Å². The van der Waals surface area contributed by atoms with Crippen molar-refractivity contribution in [2.45, 2.75) is 33.2 Å². The van der Waals surface area contributed by atoms with Gasteiger partial charge in [0, 0.05) is 32.1 Å². The molecule has 1 fully saturated rings. The molecule has 0 unspecified atom stereocenters. The number of anilines is 2. The van der Waals surface area contributed by atoms with Crippen molar-refractivity contribution in [3.8, 4) is 0 Å². The van der Waals surface area contributed by atoms with Crippen molar-refractivity contribution in [1.29, 1.82) is 0 Å². The van der Waals surface area contributed by atoms with Crippen LogP contribution in [-0.4, -0.2) is 50.9 Å². The van der Waals surface area contributed by atoms with Gasteiger partial charge in [0.1, 0.15) is 17.3 Å². The topological polar surface area (TPSA) is 78.3 Å². The zero-order valence-electron chi connectivity index (χ0n) is 18.3. The van der Waals surface area contributed by atoms with Crippen LogP contribution in [0.3, 0.4) is 0 Å². The largest absolute Gasteiger partial charge is 0.506 e. The standard InChI is InChI=1S/C24H28N6O/c1-16-15-29(10-11-30(16)23-14-25-22(13-26-23)19(4)31)24-18(3)17(2)21(27-28-24)12-20-8-6-5-7-9-20/h5-9,13-14,16,31H,4,10-12,15H2,1-3H3/t16-/m0/s1. The fourth-order valence-electron chi connectivity index (χ4n) is 4.01. The summed E-state index contributed by atoms with van der Waals surface area (Å²) in [4.78, 5) is 13.2. The van der Waals surface area contributed by atoms with Crippen LogP contribution in [0.4, 0.5) is 11.6 Å². The van der Waals surface area contributed by atoms with Gasteiger partial charge in [-0.3, -0.25) is 0 Å². The van der Waals surface area contributed by atoms with Crippen LogP contribution in [0, 0.1) is 13.8 Å². The van der Waals surface area contributed by atoms with E-state index in [1.54, 1.807) is 12.4 Å². The highest BCUT2D eigenvalue weighted by atomic mass is 16.3. The van der Waals surface area contributed by atoms with Gasteiger partial charge in [0.15, 0.2) is 5.82 Å². The maximum Gasteiger partial charge on any atom is 0.154 e. The third-order valence-corrected chi connectivity index (χ3v) is 5.97. The number of hydrogen-bond acceptors (Lipinski definition) is 7. The monoisotopic (exact) mass is 416 g/mol. The lowest BCUT2D eigenvalue weighted by molar-refractivity contribution is 0.509. The van der Waals surface area contributed by atoms with Gasteiger partial charge in [0.2, 0.25) is 0 Å². The summed E-state index contributed by atoms with van der Waals surface area (Å²) in [5, 5.41) is 18.7. The molecule has 0 amide bonds. The normalized spacial score (nSPS) is 16.4.